The molecule has 0 saturated heterocycles. The zero-order chi connectivity index (χ0) is 54.9. The Bertz CT molecular complexity index is 4240. The Labute approximate surface area is 480 Å². The zero-order valence-electron chi connectivity index (χ0n) is 45.8. The van der Waals surface area contributed by atoms with Crippen molar-refractivity contribution in [2.24, 2.45) is 0 Å². The topological polar surface area (TPSA) is 16.3 Å². The Morgan fingerprint density at radius 2 is 0.500 bits per heavy atom. The summed E-state index contributed by atoms with van der Waals surface area (Å²) in [6, 6.07) is 114. The van der Waals surface area contributed by atoms with Gasteiger partial charge in [-0.1, -0.05) is 194 Å². The first-order valence-electron chi connectivity index (χ1n) is 28.2. The Balaban J connectivity index is 0.851. The molecule has 0 spiro atoms. The van der Waals surface area contributed by atoms with Crippen molar-refractivity contribution in [3.05, 3.63) is 327 Å². The minimum Gasteiger partial charge on any atom is -0.313 e. The fourth-order valence-electron chi connectivity index (χ4n) is 12.3. The van der Waals surface area contributed by atoms with E-state index in [2.05, 4.69) is 348 Å². The molecule has 0 aliphatic heterocycles. The third-order valence-electron chi connectivity index (χ3n) is 16.1. The number of para-hydroxylation sites is 2. The molecule has 0 N–H and O–H groups in total. The predicted octanol–water partition coefficient (Wildman–Crippen LogP) is 21.5. The van der Waals surface area contributed by atoms with Crippen LogP contribution in [0.15, 0.2) is 315 Å². The van der Waals surface area contributed by atoms with Gasteiger partial charge in [0.25, 0.3) is 0 Å². The quantitative estimate of drug-likeness (QED) is 0.114. The third-order valence-corrected chi connectivity index (χ3v) is 16.1. The largest absolute Gasteiger partial charge is 0.313 e. The molecule has 390 valence electrons. The first-order chi connectivity index (χ1) is 40.5. The van der Waals surface area contributed by atoms with Gasteiger partial charge in [-0.05, 0) is 180 Å². The fourth-order valence-corrected chi connectivity index (χ4v) is 12.3. The molecule has 0 saturated carbocycles. The van der Waals surface area contributed by atoms with E-state index in [9.17, 15) is 0 Å². The highest BCUT2D eigenvalue weighted by Gasteiger charge is 2.23. The monoisotopic (exact) mass is 1050 g/mol. The summed E-state index contributed by atoms with van der Waals surface area (Å²) < 4.78 is 4.86. The number of rotatable bonds is 13. The van der Waals surface area contributed by atoms with Gasteiger partial charge in [-0.15, -0.1) is 0 Å². The number of aromatic nitrogens is 2. The zero-order valence-corrected chi connectivity index (χ0v) is 45.8. The second-order valence-corrected chi connectivity index (χ2v) is 21.0. The Morgan fingerprint density at radius 3 is 0.854 bits per heavy atom. The third kappa shape index (κ3) is 9.22. The number of fused-ring (bicyclic) bond motifs is 2. The van der Waals surface area contributed by atoms with Crippen molar-refractivity contribution in [2.45, 2.75) is 13.8 Å². The lowest BCUT2D eigenvalue weighted by Gasteiger charge is -2.26. The maximum atomic E-state index is 2.43. The van der Waals surface area contributed by atoms with Crippen LogP contribution in [0.1, 0.15) is 11.4 Å². The van der Waals surface area contributed by atoms with Gasteiger partial charge >= 0.3 is 0 Å². The molecule has 14 aromatic rings. The van der Waals surface area contributed by atoms with Crippen molar-refractivity contribution >= 4 is 55.9 Å². The van der Waals surface area contributed by atoms with E-state index < -0.39 is 0 Å². The lowest BCUT2D eigenvalue weighted by atomic mass is 9.96. The number of hydrogen-bond donors (Lipinski definition) is 0. The van der Waals surface area contributed by atoms with Crippen LogP contribution in [-0.4, -0.2) is 9.13 Å². The molecule has 0 aliphatic rings. The van der Waals surface area contributed by atoms with E-state index in [4.69, 9.17) is 0 Å². The van der Waals surface area contributed by atoms with Gasteiger partial charge in [-0.2, -0.15) is 0 Å². The van der Waals surface area contributed by atoms with Crippen molar-refractivity contribution in [3.8, 4) is 67.0 Å². The van der Waals surface area contributed by atoms with Crippen LogP contribution in [0.2, 0.25) is 0 Å². The molecule has 0 fully saturated rings. The van der Waals surface area contributed by atoms with Gasteiger partial charge < -0.3 is 18.9 Å². The summed E-state index contributed by atoms with van der Waals surface area (Å²) in [6.45, 7) is 4.53. The van der Waals surface area contributed by atoms with Gasteiger partial charge in [0.05, 0.1) is 11.0 Å². The van der Waals surface area contributed by atoms with Gasteiger partial charge in [-0.25, -0.2) is 0 Å². The van der Waals surface area contributed by atoms with Crippen LogP contribution in [0.5, 0.6) is 0 Å². The van der Waals surface area contributed by atoms with Gasteiger partial charge in [0, 0.05) is 78.8 Å². The van der Waals surface area contributed by atoms with Crippen LogP contribution in [0, 0.1) is 13.8 Å². The molecule has 0 bridgehead atoms. The smallest absolute Gasteiger partial charge is 0.0538 e. The molecule has 2 heterocycles. The van der Waals surface area contributed by atoms with Crippen LogP contribution in [0.4, 0.5) is 34.1 Å². The van der Waals surface area contributed by atoms with E-state index in [0.717, 1.165) is 56.5 Å². The summed E-state index contributed by atoms with van der Waals surface area (Å²) in [5.74, 6) is 0. The molecule has 4 heteroatoms. The van der Waals surface area contributed by atoms with Crippen LogP contribution in [-0.2, 0) is 0 Å². The maximum absolute atomic E-state index is 2.43. The average Bonchev–Trinajstić information content (AvgIpc) is 4.21. The lowest BCUT2D eigenvalue weighted by Crippen LogP contribution is -2.10. The first kappa shape index (κ1) is 49.6. The van der Waals surface area contributed by atoms with Crippen LogP contribution in [0.3, 0.4) is 0 Å². The molecule has 0 aliphatic carbocycles. The van der Waals surface area contributed by atoms with Gasteiger partial charge in [0.15, 0.2) is 0 Å². The molecular formula is C78H58N4. The van der Waals surface area contributed by atoms with Gasteiger partial charge in [-0.3, -0.25) is 0 Å². The number of nitrogens with zero attached hydrogens (tertiary/aromatic N) is 4. The minimum atomic E-state index is 1.08. The molecule has 0 unspecified atom stereocenters. The highest BCUT2D eigenvalue weighted by molar-refractivity contribution is 6.04. The maximum Gasteiger partial charge on any atom is 0.0538 e. The number of benzene rings is 12. The second kappa shape index (κ2) is 21.5. The van der Waals surface area contributed by atoms with E-state index in [1.54, 1.807) is 0 Å². The van der Waals surface area contributed by atoms with E-state index in [1.165, 1.54) is 77.8 Å². The SMILES string of the molecule is Cc1c(-c2ccccc2)c2cc(-c3ccc4c(c3)c(-c3ccccc3)c(C)n4-c3ccc(N(c4ccccc4)c4cccc(-c5ccccc5)c4)cc3)ccc2n1-c1ccc(N(c2ccccc2)c2cccc(-c3ccccc3)c2)cc1. The Hall–Kier alpha value is -10.7. The summed E-state index contributed by atoms with van der Waals surface area (Å²) in [7, 11) is 0. The first-order valence-corrected chi connectivity index (χ1v) is 28.2. The summed E-state index contributed by atoms with van der Waals surface area (Å²) in [6.07, 6.45) is 0. The number of hydrogen-bond acceptors (Lipinski definition) is 2. The van der Waals surface area contributed by atoms with Crippen LogP contribution < -0.4 is 9.80 Å². The van der Waals surface area contributed by atoms with E-state index >= 15 is 0 Å². The van der Waals surface area contributed by atoms with E-state index in [0.29, 0.717) is 0 Å². The molecule has 0 radical (unpaired) electrons. The van der Waals surface area contributed by atoms with Crippen molar-refractivity contribution in [1.82, 2.24) is 9.13 Å². The number of anilines is 6. The highest BCUT2D eigenvalue weighted by Crippen LogP contribution is 2.44. The molecule has 2 aromatic heterocycles. The summed E-state index contributed by atoms with van der Waals surface area (Å²) in [4.78, 5) is 4.69. The van der Waals surface area contributed by atoms with Crippen LogP contribution >= 0.6 is 0 Å². The minimum absolute atomic E-state index is 1.08. The van der Waals surface area contributed by atoms with Crippen molar-refractivity contribution in [1.29, 1.82) is 0 Å². The van der Waals surface area contributed by atoms with Crippen LogP contribution in [0.25, 0.3) is 88.8 Å². The standard InChI is InChI=1S/C78H58N4/c1-55-77(59-27-13-5-14-28-59)73-53-63(39-49-75(73)79(55)67-41-45-69(46-42-67)81(65-33-17-7-18-34-65)71-37-21-31-61(51-71)57-23-9-3-10-24-57)64-40-50-76-74(54-64)78(60-29-15-6-16-30-60)56(2)80(76)68-43-47-70(48-44-68)82(66-35-19-8-20-36-66)72-38-22-32-62(52-72)58-25-11-4-12-26-58/h3-54H,1-2H3. The molecule has 12 aromatic carbocycles. The molecule has 14 rings (SSSR count). The van der Waals surface area contributed by atoms with Crippen molar-refractivity contribution in [3.63, 3.8) is 0 Å². The highest BCUT2D eigenvalue weighted by atomic mass is 15.1. The van der Waals surface area contributed by atoms with Gasteiger partial charge in [0.1, 0.15) is 0 Å². The van der Waals surface area contributed by atoms with Crippen molar-refractivity contribution in [2.75, 3.05) is 9.80 Å². The summed E-state index contributed by atoms with van der Waals surface area (Å²) in [5, 5.41) is 2.42. The van der Waals surface area contributed by atoms with E-state index in [-0.39, 0.29) is 0 Å². The Kier molecular flexibility index (Phi) is 13.0. The molecule has 0 atom stereocenters. The second-order valence-electron chi connectivity index (χ2n) is 21.0. The molecule has 4 nitrogen and oxygen atoms in total. The average molecular weight is 1050 g/mol. The lowest BCUT2D eigenvalue weighted by molar-refractivity contribution is 1.05. The molecule has 82 heavy (non-hydrogen) atoms. The van der Waals surface area contributed by atoms with Gasteiger partial charge in [0.2, 0.25) is 0 Å². The summed E-state index contributed by atoms with van der Waals surface area (Å²) in [5.41, 5.74) is 25.4. The molecule has 0 amide bonds. The normalized spacial score (nSPS) is 11.3. The predicted molar refractivity (Wildman–Crippen MR) is 346 cm³/mol. The van der Waals surface area contributed by atoms with Crippen molar-refractivity contribution < 1.29 is 0 Å². The fraction of sp³-hybridized carbons (Fsp3) is 0.0256. The van der Waals surface area contributed by atoms with E-state index in [1.807, 2.05) is 0 Å². The Morgan fingerprint density at radius 1 is 0.220 bits per heavy atom. The molecular weight excluding hydrogens is 993 g/mol. The summed E-state index contributed by atoms with van der Waals surface area (Å²) >= 11 is 0.